The zero-order chi connectivity index (χ0) is 29.8. The first-order valence-electron chi connectivity index (χ1n) is 15.8. The maximum Gasteiger partial charge on any atom is 0.163 e. The van der Waals surface area contributed by atoms with Crippen LogP contribution in [0.5, 0.6) is 0 Å². The van der Waals surface area contributed by atoms with Gasteiger partial charge in [-0.05, 0) is 91.5 Å². The molecule has 40 heavy (non-hydrogen) atoms. The highest BCUT2D eigenvalue weighted by Crippen LogP contribution is 2.40. The van der Waals surface area contributed by atoms with Crippen LogP contribution >= 0.6 is 0 Å². The molecular formula is C37H54O3. The molecular weight excluding hydrogens is 492 g/mol. The summed E-state index contributed by atoms with van der Waals surface area (Å²) < 4.78 is 0. The number of hydrogen-bond acceptors (Lipinski definition) is 3. The molecule has 0 saturated heterocycles. The van der Waals surface area contributed by atoms with E-state index in [0.717, 1.165) is 49.7 Å². The average Bonchev–Trinajstić information content (AvgIpc) is 2.88. The van der Waals surface area contributed by atoms with Crippen LogP contribution in [0.4, 0.5) is 0 Å². The molecule has 0 N–H and O–H groups in total. The van der Waals surface area contributed by atoms with Crippen LogP contribution in [-0.4, -0.2) is 17.3 Å². The molecule has 0 saturated carbocycles. The fourth-order valence-electron chi connectivity index (χ4n) is 6.32. The van der Waals surface area contributed by atoms with E-state index in [2.05, 4.69) is 77.9 Å². The highest BCUT2D eigenvalue weighted by atomic mass is 16.1. The zero-order valence-corrected chi connectivity index (χ0v) is 26.6. The van der Waals surface area contributed by atoms with E-state index in [1.807, 2.05) is 6.92 Å². The van der Waals surface area contributed by atoms with Crippen molar-refractivity contribution in [3.8, 4) is 11.1 Å². The fourth-order valence-corrected chi connectivity index (χ4v) is 6.32. The summed E-state index contributed by atoms with van der Waals surface area (Å²) in [5.41, 5.74) is 6.84. The van der Waals surface area contributed by atoms with Gasteiger partial charge in [-0.1, -0.05) is 97.2 Å². The molecule has 220 valence electrons. The number of fused-ring (bicyclic) bond motifs is 1. The molecule has 1 aliphatic rings. The number of Topliss-reactive ketones (excluding diaryl/α,β-unsaturated/α-hetero) is 3. The van der Waals surface area contributed by atoms with Gasteiger partial charge in [0.2, 0.25) is 0 Å². The van der Waals surface area contributed by atoms with Crippen molar-refractivity contribution in [2.45, 2.75) is 120 Å². The summed E-state index contributed by atoms with van der Waals surface area (Å²) in [5, 5.41) is 0. The van der Waals surface area contributed by atoms with E-state index in [0.29, 0.717) is 12.3 Å². The number of benzene rings is 2. The van der Waals surface area contributed by atoms with Crippen molar-refractivity contribution in [2.75, 3.05) is 0 Å². The molecule has 0 heterocycles. The SMILES string of the molecule is CCC.CCCC(CC1CC(=O)c2c(C)ccc(-c3ccc(CCC(C)C)cc3)c2C1)C(CC)C(=O)CC(C)=O. The lowest BCUT2D eigenvalue weighted by Crippen LogP contribution is -2.30. The number of aryl methyl sites for hydroxylation is 2. The molecule has 3 unspecified atom stereocenters. The Bertz CT molecular complexity index is 1110. The first-order valence-corrected chi connectivity index (χ1v) is 15.8. The van der Waals surface area contributed by atoms with Gasteiger partial charge in [-0.3, -0.25) is 14.4 Å². The first kappa shape index (κ1) is 33.7. The molecule has 3 atom stereocenters. The molecule has 3 heteroatoms. The van der Waals surface area contributed by atoms with Crippen molar-refractivity contribution < 1.29 is 14.4 Å². The predicted molar refractivity (Wildman–Crippen MR) is 169 cm³/mol. The summed E-state index contributed by atoms with van der Waals surface area (Å²) >= 11 is 0. The Labute approximate surface area is 244 Å². The van der Waals surface area contributed by atoms with Crippen molar-refractivity contribution in [1.82, 2.24) is 0 Å². The zero-order valence-electron chi connectivity index (χ0n) is 26.6. The number of carbonyl (C=O) groups excluding carboxylic acids is 3. The first-order chi connectivity index (χ1) is 19.1. The lowest BCUT2D eigenvalue weighted by molar-refractivity contribution is -0.129. The van der Waals surface area contributed by atoms with Crippen LogP contribution in [0.3, 0.4) is 0 Å². The maximum absolute atomic E-state index is 13.4. The van der Waals surface area contributed by atoms with Gasteiger partial charge in [0.25, 0.3) is 0 Å². The van der Waals surface area contributed by atoms with E-state index >= 15 is 0 Å². The van der Waals surface area contributed by atoms with Gasteiger partial charge in [0.15, 0.2) is 5.78 Å². The molecule has 1 aliphatic carbocycles. The topological polar surface area (TPSA) is 51.2 Å². The molecule has 3 nitrogen and oxygen atoms in total. The van der Waals surface area contributed by atoms with E-state index in [-0.39, 0.29) is 41.5 Å². The van der Waals surface area contributed by atoms with Crippen LogP contribution in [0.2, 0.25) is 0 Å². The van der Waals surface area contributed by atoms with Crippen molar-refractivity contribution in [3.05, 3.63) is 58.7 Å². The fraction of sp³-hybridized carbons (Fsp3) is 0.595. The molecule has 0 spiro atoms. The third-order valence-electron chi connectivity index (χ3n) is 8.18. The summed E-state index contributed by atoms with van der Waals surface area (Å²) in [5.74, 6) is 1.28. The predicted octanol–water partition coefficient (Wildman–Crippen LogP) is 9.79. The van der Waals surface area contributed by atoms with Crippen molar-refractivity contribution in [3.63, 3.8) is 0 Å². The number of carbonyl (C=O) groups is 3. The number of ketones is 3. The molecule has 0 fully saturated rings. The number of hydrogen-bond donors (Lipinski definition) is 0. The smallest absolute Gasteiger partial charge is 0.163 e. The minimum absolute atomic E-state index is 0.0294. The van der Waals surface area contributed by atoms with Crippen LogP contribution in [0, 0.1) is 30.6 Å². The Morgan fingerprint density at radius 3 is 2.12 bits per heavy atom. The quantitative estimate of drug-likeness (QED) is 0.235. The van der Waals surface area contributed by atoms with Gasteiger partial charge >= 0.3 is 0 Å². The third-order valence-corrected chi connectivity index (χ3v) is 8.18. The molecule has 0 aromatic heterocycles. The van der Waals surface area contributed by atoms with Crippen LogP contribution in [0.1, 0.15) is 127 Å². The monoisotopic (exact) mass is 546 g/mol. The van der Waals surface area contributed by atoms with Crippen LogP contribution < -0.4 is 0 Å². The molecule has 2 aromatic carbocycles. The molecule has 0 radical (unpaired) electrons. The maximum atomic E-state index is 13.4. The van der Waals surface area contributed by atoms with E-state index in [9.17, 15) is 14.4 Å². The minimum atomic E-state index is -0.101. The van der Waals surface area contributed by atoms with Crippen LogP contribution in [-0.2, 0) is 22.4 Å². The van der Waals surface area contributed by atoms with Gasteiger partial charge in [0.05, 0.1) is 6.42 Å². The molecule has 0 amide bonds. The minimum Gasteiger partial charge on any atom is -0.300 e. The lowest BCUT2D eigenvalue weighted by Gasteiger charge is -2.32. The Hall–Kier alpha value is -2.55. The van der Waals surface area contributed by atoms with Gasteiger partial charge in [0.1, 0.15) is 11.6 Å². The largest absolute Gasteiger partial charge is 0.300 e. The third kappa shape index (κ3) is 9.53. The Balaban J connectivity index is 0.00000178. The Kier molecular flexibility index (Phi) is 14.0. The normalized spacial score (nSPS) is 16.1. The summed E-state index contributed by atoms with van der Waals surface area (Å²) in [6, 6.07) is 13.2. The average molecular weight is 547 g/mol. The Morgan fingerprint density at radius 1 is 0.925 bits per heavy atom. The standard InChI is InChI=1S/C34H46O3.C3H8/c1-7-9-28(29(8-2)32(36)18-24(6)35)19-26-20-31-30(17-11-23(5)34(31)33(37)21-26)27-15-13-25(14-16-27)12-10-22(3)4;1-3-2/h11,13-17,22,26,28-29H,7-10,12,18-21H2,1-6H3;3H2,1-2H3. The van der Waals surface area contributed by atoms with Gasteiger partial charge < -0.3 is 0 Å². The summed E-state index contributed by atoms with van der Waals surface area (Å²) in [6.45, 7) is 16.5. The van der Waals surface area contributed by atoms with Crippen LogP contribution in [0.15, 0.2) is 36.4 Å². The highest BCUT2D eigenvalue weighted by molar-refractivity contribution is 6.02. The van der Waals surface area contributed by atoms with E-state index in [1.54, 1.807) is 0 Å². The van der Waals surface area contributed by atoms with Gasteiger partial charge in [-0.2, -0.15) is 0 Å². The number of rotatable bonds is 13. The van der Waals surface area contributed by atoms with Crippen molar-refractivity contribution in [1.29, 1.82) is 0 Å². The summed E-state index contributed by atoms with van der Waals surface area (Å²) in [7, 11) is 0. The molecule has 3 rings (SSSR count). The van der Waals surface area contributed by atoms with Crippen molar-refractivity contribution in [2.24, 2.45) is 23.7 Å². The highest BCUT2D eigenvalue weighted by Gasteiger charge is 2.34. The van der Waals surface area contributed by atoms with Gasteiger partial charge in [0, 0.05) is 17.9 Å². The van der Waals surface area contributed by atoms with E-state index in [4.69, 9.17) is 0 Å². The van der Waals surface area contributed by atoms with Crippen LogP contribution in [0.25, 0.3) is 11.1 Å². The Morgan fingerprint density at radius 2 is 1.57 bits per heavy atom. The van der Waals surface area contributed by atoms with Gasteiger partial charge in [-0.25, -0.2) is 0 Å². The molecule has 0 aliphatic heterocycles. The van der Waals surface area contributed by atoms with E-state index < -0.39 is 0 Å². The molecule has 0 bridgehead atoms. The second-order valence-corrected chi connectivity index (χ2v) is 12.5. The van der Waals surface area contributed by atoms with Crippen molar-refractivity contribution >= 4 is 17.3 Å². The lowest BCUT2D eigenvalue weighted by atomic mass is 9.71. The summed E-state index contributed by atoms with van der Waals surface area (Å²) in [6.07, 6.45) is 8.53. The summed E-state index contributed by atoms with van der Waals surface area (Å²) in [4.78, 5) is 38.0. The second kappa shape index (κ2) is 16.7. The molecule has 2 aromatic rings. The van der Waals surface area contributed by atoms with Gasteiger partial charge in [-0.15, -0.1) is 0 Å². The van der Waals surface area contributed by atoms with E-state index in [1.165, 1.54) is 42.0 Å². The second-order valence-electron chi connectivity index (χ2n) is 12.5.